The summed E-state index contributed by atoms with van der Waals surface area (Å²) in [6.45, 7) is 9.42. The van der Waals surface area contributed by atoms with Gasteiger partial charge in [0.15, 0.2) is 5.11 Å². The fraction of sp³-hybridized carbons (Fsp3) is 0.600. The highest BCUT2D eigenvalue weighted by Gasteiger charge is 2.14. The van der Waals surface area contributed by atoms with E-state index in [1.54, 1.807) is 0 Å². The fourth-order valence-corrected chi connectivity index (χ4v) is 2.36. The zero-order valence-corrected chi connectivity index (χ0v) is 13.9. The van der Waals surface area contributed by atoms with E-state index in [2.05, 4.69) is 52.4 Å². The first-order valence-corrected chi connectivity index (χ1v) is 7.90. The number of nitrogens with one attached hydrogen (secondary N) is 2. The van der Waals surface area contributed by atoms with Crippen LogP contribution >= 0.6 is 12.2 Å². The molecule has 116 valence electrons. The van der Waals surface area contributed by atoms with Gasteiger partial charge in [0.25, 0.3) is 0 Å². The highest BCUT2D eigenvalue weighted by Crippen LogP contribution is 2.15. The number of likely N-dealkylation sites (N-methyl/N-ethyl adjacent to an activating group) is 1. The van der Waals surface area contributed by atoms with Gasteiger partial charge >= 0.3 is 0 Å². The number of anilines is 2. The molecule has 0 aromatic carbocycles. The number of hydrogen-bond acceptors (Lipinski definition) is 4. The molecule has 1 aliphatic rings. The van der Waals surface area contributed by atoms with E-state index >= 15 is 0 Å². The van der Waals surface area contributed by atoms with Crippen molar-refractivity contribution < 1.29 is 0 Å². The second-order valence-electron chi connectivity index (χ2n) is 5.92. The van der Waals surface area contributed by atoms with E-state index in [-0.39, 0.29) is 0 Å². The van der Waals surface area contributed by atoms with Gasteiger partial charge in [0.2, 0.25) is 0 Å². The molecule has 0 bridgehead atoms. The SMILES string of the molecule is CC(C)CNC(=S)Nc1ccc(N2CCN(C)CC2)nc1. The van der Waals surface area contributed by atoms with Crippen molar-refractivity contribution in [1.29, 1.82) is 0 Å². The molecular weight excluding hydrogens is 282 g/mol. The number of rotatable bonds is 4. The summed E-state index contributed by atoms with van der Waals surface area (Å²) in [5.74, 6) is 1.61. The van der Waals surface area contributed by atoms with E-state index in [0.717, 1.165) is 44.2 Å². The quantitative estimate of drug-likeness (QED) is 0.827. The lowest BCUT2D eigenvalue weighted by Crippen LogP contribution is -2.44. The van der Waals surface area contributed by atoms with Crippen molar-refractivity contribution in [3.05, 3.63) is 18.3 Å². The Morgan fingerprint density at radius 1 is 1.29 bits per heavy atom. The Bertz CT molecular complexity index is 452. The molecule has 2 heterocycles. The second kappa shape index (κ2) is 7.56. The Morgan fingerprint density at radius 2 is 2.00 bits per heavy atom. The molecule has 0 unspecified atom stereocenters. The lowest BCUT2D eigenvalue weighted by atomic mass is 10.2. The summed E-state index contributed by atoms with van der Waals surface area (Å²) in [7, 11) is 2.16. The summed E-state index contributed by atoms with van der Waals surface area (Å²) in [6, 6.07) is 4.09. The number of hydrogen-bond donors (Lipinski definition) is 2. The largest absolute Gasteiger partial charge is 0.362 e. The van der Waals surface area contributed by atoms with Crippen LogP contribution in [-0.4, -0.2) is 54.8 Å². The van der Waals surface area contributed by atoms with Crippen LogP contribution in [0, 0.1) is 5.92 Å². The maximum absolute atomic E-state index is 5.26. The molecule has 0 amide bonds. The molecule has 1 aromatic heterocycles. The third-order valence-electron chi connectivity index (χ3n) is 3.50. The van der Waals surface area contributed by atoms with Gasteiger partial charge in [0.1, 0.15) is 5.82 Å². The molecular formula is C15H25N5S. The molecule has 2 N–H and O–H groups in total. The van der Waals surface area contributed by atoms with Crippen LogP contribution in [0.5, 0.6) is 0 Å². The lowest BCUT2D eigenvalue weighted by Gasteiger charge is -2.33. The number of aromatic nitrogens is 1. The average Bonchev–Trinajstić information content (AvgIpc) is 2.47. The van der Waals surface area contributed by atoms with Crippen molar-refractivity contribution in [2.45, 2.75) is 13.8 Å². The van der Waals surface area contributed by atoms with Gasteiger partial charge in [0.05, 0.1) is 11.9 Å². The van der Waals surface area contributed by atoms with Gasteiger partial charge in [-0.15, -0.1) is 0 Å². The Morgan fingerprint density at radius 3 is 2.57 bits per heavy atom. The lowest BCUT2D eigenvalue weighted by molar-refractivity contribution is 0.312. The minimum absolute atomic E-state index is 0.572. The highest BCUT2D eigenvalue weighted by atomic mass is 32.1. The second-order valence-corrected chi connectivity index (χ2v) is 6.33. The van der Waals surface area contributed by atoms with E-state index < -0.39 is 0 Å². The first kappa shape index (κ1) is 16.0. The third kappa shape index (κ3) is 5.13. The van der Waals surface area contributed by atoms with Crippen LogP contribution in [0.15, 0.2) is 18.3 Å². The molecule has 1 aromatic rings. The smallest absolute Gasteiger partial charge is 0.170 e. The predicted molar refractivity (Wildman–Crippen MR) is 93.0 cm³/mol. The number of thiocarbonyl (C=S) groups is 1. The summed E-state index contributed by atoms with van der Waals surface area (Å²) in [5, 5.41) is 7.01. The van der Waals surface area contributed by atoms with Crippen LogP contribution in [0.1, 0.15) is 13.8 Å². The van der Waals surface area contributed by atoms with Crippen molar-refractivity contribution >= 4 is 28.8 Å². The highest BCUT2D eigenvalue weighted by molar-refractivity contribution is 7.80. The van der Waals surface area contributed by atoms with Crippen LogP contribution < -0.4 is 15.5 Å². The molecule has 6 heteroatoms. The maximum atomic E-state index is 5.26. The van der Waals surface area contributed by atoms with Crippen LogP contribution in [0.25, 0.3) is 0 Å². The van der Waals surface area contributed by atoms with Crippen LogP contribution in [0.3, 0.4) is 0 Å². The standard InChI is InChI=1S/C15H25N5S/c1-12(2)10-17-15(21)18-13-4-5-14(16-11-13)20-8-6-19(3)7-9-20/h4-5,11-12H,6-10H2,1-3H3,(H2,17,18,21). The Labute approximate surface area is 132 Å². The predicted octanol–water partition coefficient (Wildman–Crippen LogP) is 1.78. The van der Waals surface area contributed by atoms with Crippen LogP contribution in [0.2, 0.25) is 0 Å². The number of piperazine rings is 1. The zero-order valence-electron chi connectivity index (χ0n) is 13.1. The van der Waals surface area contributed by atoms with Crippen molar-refractivity contribution in [3.63, 3.8) is 0 Å². The topological polar surface area (TPSA) is 43.4 Å². The van der Waals surface area contributed by atoms with E-state index in [4.69, 9.17) is 12.2 Å². The molecule has 1 saturated heterocycles. The van der Waals surface area contributed by atoms with Gasteiger partial charge < -0.3 is 20.4 Å². The Hall–Kier alpha value is -1.40. The monoisotopic (exact) mass is 307 g/mol. The van der Waals surface area contributed by atoms with E-state index in [9.17, 15) is 0 Å². The molecule has 0 atom stereocenters. The molecule has 2 rings (SSSR count). The molecule has 0 spiro atoms. The van der Waals surface area contributed by atoms with Gasteiger partial charge in [0, 0.05) is 32.7 Å². The van der Waals surface area contributed by atoms with Crippen molar-refractivity contribution in [2.75, 3.05) is 50.0 Å². The van der Waals surface area contributed by atoms with Gasteiger partial charge in [-0.1, -0.05) is 13.8 Å². The Kier molecular flexibility index (Phi) is 5.76. The van der Waals surface area contributed by atoms with Crippen LogP contribution in [-0.2, 0) is 0 Å². The summed E-state index contributed by atoms with van der Waals surface area (Å²) in [5.41, 5.74) is 0.925. The van der Waals surface area contributed by atoms with Gasteiger partial charge in [-0.25, -0.2) is 4.98 Å². The normalized spacial score (nSPS) is 16.1. The average molecular weight is 307 g/mol. The first-order valence-electron chi connectivity index (χ1n) is 7.49. The maximum Gasteiger partial charge on any atom is 0.170 e. The summed E-state index contributed by atoms with van der Waals surface area (Å²) >= 11 is 5.26. The summed E-state index contributed by atoms with van der Waals surface area (Å²) in [6.07, 6.45) is 1.84. The van der Waals surface area contributed by atoms with Gasteiger partial charge in [-0.05, 0) is 37.3 Å². The Balaban J connectivity index is 1.85. The van der Waals surface area contributed by atoms with E-state index in [0.29, 0.717) is 11.0 Å². The fourth-order valence-electron chi connectivity index (χ4n) is 2.15. The first-order chi connectivity index (χ1) is 10.0. The van der Waals surface area contributed by atoms with Gasteiger partial charge in [-0.3, -0.25) is 0 Å². The summed E-state index contributed by atoms with van der Waals surface area (Å²) in [4.78, 5) is 9.19. The van der Waals surface area contributed by atoms with Crippen LogP contribution in [0.4, 0.5) is 11.5 Å². The zero-order chi connectivity index (χ0) is 15.2. The van der Waals surface area contributed by atoms with Crippen molar-refractivity contribution in [2.24, 2.45) is 5.92 Å². The van der Waals surface area contributed by atoms with Crippen molar-refractivity contribution in [1.82, 2.24) is 15.2 Å². The number of nitrogens with zero attached hydrogens (tertiary/aromatic N) is 3. The molecule has 5 nitrogen and oxygen atoms in total. The van der Waals surface area contributed by atoms with Gasteiger partial charge in [-0.2, -0.15) is 0 Å². The molecule has 1 aliphatic heterocycles. The van der Waals surface area contributed by atoms with E-state index in [1.807, 2.05) is 12.3 Å². The number of pyridine rings is 1. The molecule has 0 saturated carbocycles. The summed E-state index contributed by atoms with van der Waals surface area (Å²) < 4.78 is 0. The van der Waals surface area contributed by atoms with Crippen molar-refractivity contribution in [3.8, 4) is 0 Å². The molecule has 0 radical (unpaired) electrons. The minimum Gasteiger partial charge on any atom is -0.362 e. The third-order valence-corrected chi connectivity index (χ3v) is 3.75. The molecule has 0 aliphatic carbocycles. The molecule has 21 heavy (non-hydrogen) atoms. The molecule has 1 fully saturated rings. The minimum atomic E-state index is 0.572. The van der Waals surface area contributed by atoms with E-state index in [1.165, 1.54) is 0 Å².